The third-order valence-corrected chi connectivity index (χ3v) is 3.68. The Kier molecular flexibility index (Phi) is 4.90. The minimum Gasteiger partial charge on any atom is -0.469 e. The Bertz CT molecular complexity index is 439. The number of unbranched alkanes of at least 4 members (excludes halogenated alkanes) is 1. The van der Waals surface area contributed by atoms with Crippen LogP contribution < -0.4 is 0 Å². The number of Topliss-reactive ketones (excluding diaryl/α,β-unsaturated/α-hetero) is 1. The summed E-state index contributed by atoms with van der Waals surface area (Å²) < 4.78 is 5.42. The number of alkyl halides is 1. The van der Waals surface area contributed by atoms with Gasteiger partial charge in [-0.25, -0.2) is 0 Å². The molecule has 1 fully saturated rings. The molecule has 2 rings (SSSR count). The Labute approximate surface area is 113 Å². The molecule has 2 nitrogen and oxygen atoms in total. The lowest BCUT2D eigenvalue weighted by Gasteiger charge is -2.13. The SMILES string of the molecule is O=C(C#CCCCCl)[C@@H]1CCC[C@@H]1c1ccco1. The first-order valence-electron chi connectivity index (χ1n) is 6.45. The predicted molar refractivity (Wildman–Crippen MR) is 71.5 cm³/mol. The molecule has 0 spiro atoms. The van der Waals surface area contributed by atoms with Gasteiger partial charge in [-0.1, -0.05) is 12.3 Å². The van der Waals surface area contributed by atoms with Gasteiger partial charge in [0.1, 0.15) is 5.76 Å². The van der Waals surface area contributed by atoms with Crippen molar-refractivity contribution in [2.75, 3.05) is 5.88 Å². The molecular formula is C15H17ClO2. The van der Waals surface area contributed by atoms with Crippen LogP contribution >= 0.6 is 11.6 Å². The minimum atomic E-state index is 0.0136. The van der Waals surface area contributed by atoms with Crippen molar-refractivity contribution < 1.29 is 9.21 Å². The van der Waals surface area contributed by atoms with Crippen molar-refractivity contribution in [2.45, 2.75) is 38.0 Å². The fraction of sp³-hybridized carbons (Fsp3) is 0.533. The lowest BCUT2D eigenvalue weighted by molar-refractivity contribution is -0.117. The van der Waals surface area contributed by atoms with Crippen molar-refractivity contribution >= 4 is 17.4 Å². The average Bonchev–Trinajstić information content (AvgIpc) is 3.02. The summed E-state index contributed by atoms with van der Waals surface area (Å²) in [6.45, 7) is 0. The minimum absolute atomic E-state index is 0.0136. The molecular weight excluding hydrogens is 248 g/mol. The molecule has 0 aliphatic heterocycles. The first kappa shape index (κ1) is 13.2. The number of hydrogen-bond acceptors (Lipinski definition) is 2. The van der Waals surface area contributed by atoms with Gasteiger partial charge in [0.25, 0.3) is 0 Å². The monoisotopic (exact) mass is 264 g/mol. The van der Waals surface area contributed by atoms with Crippen LogP contribution in [0.3, 0.4) is 0 Å². The van der Waals surface area contributed by atoms with Crippen molar-refractivity contribution in [1.29, 1.82) is 0 Å². The number of carbonyl (C=O) groups is 1. The van der Waals surface area contributed by atoms with E-state index >= 15 is 0 Å². The van der Waals surface area contributed by atoms with Crippen LogP contribution in [0.15, 0.2) is 22.8 Å². The zero-order chi connectivity index (χ0) is 12.8. The average molecular weight is 265 g/mol. The van der Waals surface area contributed by atoms with Crippen LogP contribution in [0, 0.1) is 17.8 Å². The zero-order valence-corrected chi connectivity index (χ0v) is 11.1. The molecule has 0 bridgehead atoms. The van der Waals surface area contributed by atoms with E-state index in [1.54, 1.807) is 6.26 Å². The second-order valence-corrected chi connectivity index (χ2v) is 5.00. The van der Waals surface area contributed by atoms with E-state index in [2.05, 4.69) is 11.8 Å². The fourth-order valence-electron chi connectivity index (χ4n) is 2.51. The molecule has 1 saturated carbocycles. The predicted octanol–water partition coefficient (Wildman–Crippen LogP) is 3.75. The highest BCUT2D eigenvalue weighted by molar-refractivity contribution is 6.17. The van der Waals surface area contributed by atoms with Crippen molar-refractivity contribution in [3.8, 4) is 11.8 Å². The van der Waals surface area contributed by atoms with E-state index < -0.39 is 0 Å². The Morgan fingerprint density at radius 3 is 3.11 bits per heavy atom. The number of rotatable bonds is 4. The van der Waals surface area contributed by atoms with Crippen LogP contribution in [0.1, 0.15) is 43.8 Å². The first-order valence-corrected chi connectivity index (χ1v) is 6.98. The number of ketones is 1. The van der Waals surface area contributed by atoms with Crippen LogP contribution in [-0.4, -0.2) is 11.7 Å². The van der Waals surface area contributed by atoms with Crippen LogP contribution in [0.25, 0.3) is 0 Å². The van der Waals surface area contributed by atoms with Crippen molar-refractivity contribution in [1.82, 2.24) is 0 Å². The van der Waals surface area contributed by atoms with Gasteiger partial charge in [-0.2, -0.15) is 0 Å². The molecule has 96 valence electrons. The normalized spacial score (nSPS) is 22.5. The van der Waals surface area contributed by atoms with Gasteiger partial charge in [-0.05, 0) is 37.3 Å². The summed E-state index contributed by atoms with van der Waals surface area (Å²) >= 11 is 5.57. The summed E-state index contributed by atoms with van der Waals surface area (Å²) in [5.74, 6) is 7.49. The summed E-state index contributed by atoms with van der Waals surface area (Å²) in [4.78, 5) is 12.1. The quantitative estimate of drug-likeness (QED) is 0.359. The van der Waals surface area contributed by atoms with Crippen LogP contribution in [0.5, 0.6) is 0 Å². The largest absolute Gasteiger partial charge is 0.469 e. The molecule has 0 unspecified atom stereocenters. The molecule has 2 atom stereocenters. The molecule has 1 aromatic heterocycles. The maximum atomic E-state index is 12.1. The molecule has 0 N–H and O–H groups in total. The van der Waals surface area contributed by atoms with Crippen LogP contribution in [0.4, 0.5) is 0 Å². The third kappa shape index (κ3) is 3.17. The molecule has 3 heteroatoms. The topological polar surface area (TPSA) is 30.2 Å². The molecule has 1 heterocycles. The number of furan rings is 1. The molecule has 0 amide bonds. The zero-order valence-electron chi connectivity index (χ0n) is 10.3. The molecule has 0 aromatic carbocycles. The van der Waals surface area contributed by atoms with Gasteiger partial charge in [0.15, 0.2) is 0 Å². The summed E-state index contributed by atoms with van der Waals surface area (Å²) in [6.07, 6.45) is 6.23. The summed E-state index contributed by atoms with van der Waals surface area (Å²) in [6, 6.07) is 3.83. The van der Waals surface area contributed by atoms with E-state index in [4.69, 9.17) is 16.0 Å². The number of halogens is 1. The summed E-state index contributed by atoms with van der Waals surface area (Å²) in [5.41, 5.74) is 0. The Morgan fingerprint density at radius 1 is 1.50 bits per heavy atom. The Hall–Kier alpha value is -1.20. The van der Waals surface area contributed by atoms with E-state index in [-0.39, 0.29) is 17.6 Å². The van der Waals surface area contributed by atoms with E-state index in [0.717, 1.165) is 31.4 Å². The van der Waals surface area contributed by atoms with Gasteiger partial charge < -0.3 is 4.42 Å². The van der Waals surface area contributed by atoms with Gasteiger partial charge >= 0.3 is 0 Å². The smallest absolute Gasteiger partial charge is 0.209 e. The van der Waals surface area contributed by atoms with E-state index in [9.17, 15) is 4.79 Å². The van der Waals surface area contributed by atoms with Gasteiger partial charge in [0, 0.05) is 24.1 Å². The summed E-state index contributed by atoms with van der Waals surface area (Å²) in [7, 11) is 0. The van der Waals surface area contributed by atoms with Crippen molar-refractivity contribution in [2.24, 2.45) is 5.92 Å². The molecule has 1 aromatic rings. The van der Waals surface area contributed by atoms with Crippen LogP contribution in [0.2, 0.25) is 0 Å². The van der Waals surface area contributed by atoms with Crippen LogP contribution in [-0.2, 0) is 4.79 Å². The number of hydrogen-bond donors (Lipinski definition) is 0. The molecule has 0 saturated heterocycles. The number of carbonyl (C=O) groups excluding carboxylic acids is 1. The highest BCUT2D eigenvalue weighted by Gasteiger charge is 2.34. The molecule has 18 heavy (non-hydrogen) atoms. The van der Waals surface area contributed by atoms with E-state index in [1.165, 1.54) is 0 Å². The first-order chi connectivity index (χ1) is 8.83. The highest BCUT2D eigenvalue weighted by Crippen LogP contribution is 2.40. The second kappa shape index (κ2) is 6.66. The van der Waals surface area contributed by atoms with Gasteiger partial charge in [-0.15, -0.1) is 11.6 Å². The maximum absolute atomic E-state index is 12.1. The van der Waals surface area contributed by atoms with E-state index in [1.807, 2.05) is 12.1 Å². The standard InChI is InChI=1S/C15H17ClO2/c16-10-3-1-2-8-14(17)12-6-4-7-13(12)15-9-5-11-18-15/h5,9,11-13H,1,3-4,6-7,10H2/t12-,13+/m1/s1. The van der Waals surface area contributed by atoms with Gasteiger partial charge in [0.2, 0.25) is 5.78 Å². The van der Waals surface area contributed by atoms with Gasteiger partial charge in [-0.3, -0.25) is 4.79 Å². The Morgan fingerprint density at radius 2 is 2.39 bits per heavy atom. The second-order valence-electron chi connectivity index (χ2n) is 4.62. The summed E-state index contributed by atoms with van der Waals surface area (Å²) in [5, 5.41) is 0. The Balaban J connectivity index is 1.98. The van der Waals surface area contributed by atoms with E-state index in [0.29, 0.717) is 12.3 Å². The van der Waals surface area contributed by atoms with Gasteiger partial charge in [0.05, 0.1) is 6.26 Å². The molecule has 1 aliphatic carbocycles. The van der Waals surface area contributed by atoms with Crippen molar-refractivity contribution in [3.63, 3.8) is 0 Å². The van der Waals surface area contributed by atoms with Crippen molar-refractivity contribution in [3.05, 3.63) is 24.2 Å². The lowest BCUT2D eigenvalue weighted by Crippen LogP contribution is -2.15. The highest BCUT2D eigenvalue weighted by atomic mass is 35.5. The lowest BCUT2D eigenvalue weighted by atomic mass is 9.90. The molecule has 0 radical (unpaired) electrons. The third-order valence-electron chi connectivity index (χ3n) is 3.41. The fourth-order valence-corrected chi connectivity index (χ4v) is 2.65. The maximum Gasteiger partial charge on any atom is 0.209 e. The molecule has 1 aliphatic rings.